The van der Waals surface area contributed by atoms with Gasteiger partial charge in [-0.05, 0) is 19.8 Å². The van der Waals surface area contributed by atoms with Crippen LogP contribution >= 0.6 is 0 Å². The Morgan fingerprint density at radius 2 is 2.43 bits per heavy atom. The molecule has 0 saturated carbocycles. The zero-order chi connectivity index (χ0) is 10.6. The van der Waals surface area contributed by atoms with Crippen molar-refractivity contribution in [2.45, 2.75) is 32.2 Å². The van der Waals surface area contributed by atoms with Crippen molar-refractivity contribution in [3.05, 3.63) is 0 Å². The molecule has 1 aliphatic rings. The summed E-state index contributed by atoms with van der Waals surface area (Å²) in [5.74, 6) is 0.401. The molecule has 2 atom stereocenters. The number of rotatable bonds is 4. The quantitative estimate of drug-likeness (QED) is 0.684. The molecule has 4 heteroatoms. The first kappa shape index (κ1) is 11.5. The van der Waals surface area contributed by atoms with Gasteiger partial charge in [0.25, 0.3) is 0 Å². The molecule has 1 saturated heterocycles. The average molecular weight is 200 g/mol. The summed E-state index contributed by atoms with van der Waals surface area (Å²) in [5, 5.41) is 2.87. The molecule has 0 bridgehead atoms. The Hall–Kier alpha value is -0.610. The molecule has 82 valence electrons. The first-order chi connectivity index (χ1) is 6.56. The van der Waals surface area contributed by atoms with Crippen LogP contribution in [0.5, 0.6) is 0 Å². The molecule has 0 aliphatic carbocycles. The highest BCUT2D eigenvalue weighted by Crippen LogP contribution is 2.11. The molecule has 0 aromatic heterocycles. The van der Waals surface area contributed by atoms with Crippen LogP contribution < -0.4 is 11.1 Å². The second-order valence-corrected chi connectivity index (χ2v) is 4.21. The third-order valence-electron chi connectivity index (χ3n) is 2.83. The van der Waals surface area contributed by atoms with E-state index in [0.29, 0.717) is 18.9 Å². The van der Waals surface area contributed by atoms with Crippen molar-refractivity contribution in [1.82, 2.24) is 5.32 Å². The maximum absolute atomic E-state index is 11.6. The van der Waals surface area contributed by atoms with Crippen LogP contribution in [0.4, 0.5) is 0 Å². The standard InChI is InChI=1S/C10H20N2O2/c1-3-10(2,11)9(13)12-6-8-4-5-14-7-8/h8H,3-7,11H2,1-2H3,(H,12,13). The van der Waals surface area contributed by atoms with Gasteiger partial charge in [0.05, 0.1) is 12.1 Å². The summed E-state index contributed by atoms with van der Waals surface area (Å²) in [6.07, 6.45) is 1.69. The minimum absolute atomic E-state index is 0.0631. The second kappa shape index (κ2) is 4.75. The van der Waals surface area contributed by atoms with E-state index in [9.17, 15) is 4.79 Å². The lowest BCUT2D eigenvalue weighted by molar-refractivity contribution is -0.126. The van der Waals surface area contributed by atoms with Gasteiger partial charge in [-0.2, -0.15) is 0 Å². The fourth-order valence-electron chi connectivity index (χ4n) is 1.34. The van der Waals surface area contributed by atoms with E-state index < -0.39 is 5.54 Å². The van der Waals surface area contributed by atoms with Crippen molar-refractivity contribution < 1.29 is 9.53 Å². The summed E-state index contributed by atoms with van der Waals surface area (Å²) in [6.45, 7) is 5.93. The maximum atomic E-state index is 11.6. The van der Waals surface area contributed by atoms with Crippen LogP contribution in [0.1, 0.15) is 26.7 Å². The fourth-order valence-corrected chi connectivity index (χ4v) is 1.34. The first-order valence-corrected chi connectivity index (χ1v) is 5.21. The lowest BCUT2D eigenvalue weighted by Gasteiger charge is -2.22. The van der Waals surface area contributed by atoms with Crippen molar-refractivity contribution >= 4 is 5.91 Å². The van der Waals surface area contributed by atoms with Gasteiger partial charge in [-0.1, -0.05) is 6.92 Å². The van der Waals surface area contributed by atoms with Crippen LogP contribution in [-0.2, 0) is 9.53 Å². The second-order valence-electron chi connectivity index (χ2n) is 4.21. The van der Waals surface area contributed by atoms with Crippen molar-refractivity contribution in [3.63, 3.8) is 0 Å². The van der Waals surface area contributed by atoms with E-state index in [1.807, 2.05) is 6.92 Å². The Kier molecular flexibility index (Phi) is 3.89. The highest BCUT2D eigenvalue weighted by Gasteiger charge is 2.26. The average Bonchev–Trinajstić information content (AvgIpc) is 2.66. The zero-order valence-corrected chi connectivity index (χ0v) is 9.01. The molecule has 1 aliphatic heterocycles. The highest BCUT2D eigenvalue weighted by molar-refractivity contribution is 5.85. The summed E-state index contributed by atoms with van der Waals surface area (Å²) in [5.41, 5.74) is 5.06. The number of hydrogen-bond acceptors (Lipinski definition) is 3. The van der Waals surface area contributed by atoms with Crippen LogP contribution in [-0.4, -0.2) is 31.2 Å². The predicted octanol–water partition coefficient (Wildman–Crippen LogP) is 0.267. The van der Waals surface area contributed by atoms with E-state index in [1.54, 1.807) is 6.92 Å². The van der Waals surface area contributed by atoms with Gasteiger partial charge in [-0.15, -0.1) is 0 Å². The smallest absolute Gasteiger partial charge is 0.239 e. The molecule has 2 unspecified atom stereocenters. The van der Waals surface area contributed by atoms with Gasteiger partial charge in [0.15, 0.2) is 0 Å². The summed E-state index contributed by atoms with van der Waals surface area (Å²) >= 11 is 0. The lowest BCUT2D eigenvalue weighted by Crippen LogP contribution is -2.52. The van der Waals surface area contributed by atoms with Crippen molar-refractivity contribution in [2.24, 2.45) is 11.7 Å². The normalized spacial score (nSPS) is 25.8. The summed E-state index contributed by atoms with van der Waals surface area (Å²) in [6, 6.07) is 0. The van der Waals surface area contributed by atoms with E-state index in [1.165, 1.54) is 0 Å². The van der Waals surface area contributed by atoms with Gasteiger partial charge in [-0.3, -0.25) is 4.79 Å². The van der Waals surface area contributed by atoms with E-state index >= 15 is 0 Å². The molecule has 14 heavy (non-hydrogen) atoms. The van der Waals surface area contributed by atoms with E-state index in [-0.39, 0.29) is 5.91 Å². The van der Waals surface area contributed by atoms with Crippen molar-refractivity contribution in [2.75, 3.05) is 19.8 Å². The molecule has 1 amide bonds. The van der Waals surface area contributed by atoms with Crippen LogP contribution in [0.15, 0.2) is 0 Å². The molecule has 0 spiro atoms. The van der Waals surface area contributed by atoms with Crippen molar-refractivity contribution in [1.29, 1.82) is 0 Å². The largest absolute Gasteiger partial charge is 0.381 e. The number of ether oxygens (including phenoxy) is 1. The van der Waals surface area contributed by atoms with Crippen LogP contribution in [0.2, 0.25) is 0 Å². The van der Waals surface area contributed by atoms with Gasteiger partial charge in [0.1, 0.15) is 0 Å². The van der Waals surface area contributed by atoms with Gasteiger partial charge in [-0.25, -0.2) is 0 Å². The SMILES string of the molecule is CCC(C)(N)C(=O)NCC1CCOC1. The molecule has 3 N–H and O–H groups in total. The van der Waals surface area contributed by atoms with Gasteiger partial charge in [0, 0.05) is 19.1 Å². The molecular weight excluding hydrogens is 180 g/mol. The molecule has 1 rings (SSSR count). The summed E-state index contributed by atoms with van der Waals surface area (Å²) < 4.78 is 5.22. The number of hydrogen-bond donors (Lipinski definition) is 2. The van der Waals surface area contributed by atoms with Gasteiger partial charge < -0.3 is 15.8 Å². The van der Waals surface area contributed by atoms with Crippen molar-refractivity contribution in [3.8, 4) is 0 Å². The summed E-state index contributed by atoms with van der Waals surface area (Å²) in [4.78, 5) is 11.6. The Bertz CT molecular complexity index is 198. The Morgan fingerprint density at radius 1 is 1.71 bits per heavy atom. The minimum atomic E-state index is -0.737. The molecule has 1 heterocycles. The Balaban J connectivity index is 2.26. The molecule has 1 fully saturated rings. The lowest BCUT2D eigenvalue weighted by atomic mass is 9.99. The number of nitrogens with two attached hydrogens (primary N) is 1. The monoisotopic (exact) mass is 200 g/mol. The number of carbonyl (C=O) groups excluding carboxylic acids is 1. The topological polar surface area (TPSA) is 64.4 Å². The van der Waals surface area contributed by atoms with Crippen LogP contribution in [0, 0.1) is 5.92 Å². The fraction of sp³-hybridized carbons (Fsp3) is 0.900. The third kappa shape index (κ3) is 2.96. The number of amides is 1. The van der Waals surface area contributed by atoms with E-state index in [0.717, 1.165) is 19.6 Å². The minimum Gasteiger partial charge on any atom is -0.381 e. The molecule has 0 aromatic rings. The number of nitrogens with one attached hydrogen (secondary N) is 1. The summed E-state index contributed by atoms with van der Waals surface area (Å²) in [7, 11) is 0. The van der Waals surface area contributed by atoms with E-state index in [4.69, 9.17) is 10.5 Å². The first-order valence-electron chi connectivity index (χ1n) is 5.21. The molecule has 0 radical (unpaired) electrons. The molecule has 4 nitrogen and oxygen atoms in total. The van der Waals surface area contributed by atoms with Gasteiger partial charge >= 0.3 is 0 Å². The third-order valence-corrected chi connectivity index (χ3v) is 2.83. The number of carbonyl (C=O) groups is 1. The Morgan fingerprint density at radius 3 is 2.93 bits per heavy atom. The molecule has 0 aromatic carbocycles. The van der Waals surface area contributed by atoms with E-state index in [2.05, 4.69) is 5.32 Å². The van der Waals surface area contributed by atoms with Crippen LogP contribution in [0.3, 0.4) is 0 Å². The predicted molar refractivity (Wildman–Crippen MR) is 54.8 cm³/mol. The Labute approximate surface area is 85.2 Å². The molecular formula is C10H20N2O2. The van der Waals surface area contributed by atoms with Gasteiger partial charge in [0.2, 0.25) is 5.91 Å². The maximum Gasteiger partial charge on any atom is 0.239 e. The zero-order valence-electron chi connectivity index (χ0n) is 9.01. The highest BCUT2D eigenvalue weighted by atomic mass is 16.5. The van der Waals surface area contributed by atoms with Crippen LogP contribution in [0.25, 0.3) is 0 Å².